The highest BCUT2D eigenvalue weighted by Gasteiger charge is 2.32. The minimum absolute atomic E-state index is 0.138. The van der Waals surface area contributed by atoms with Crippen LogP contribution in [0.5, 0.6) is 0 Å². The zero-order valence-electron chi connectivity index (χ0n) is 11.0. The molecular formula is C17H15FN2. The molecule has 1 aliphatic carbocycles. The maximum atomic E-state index is 14.0. The molecule has 1 fully saturated rings. The van der Waals surface area contributed by atoms with Crippen molar-refractivity contribution in [1.82, 2.24) is 0 Å². The van der Waals surface area contributed by atoms with Crippen LogP contribution < -0.4 is 5.32 Å². The average molecular weight is 266 g/mol. The molecule has 1 saturated carbocycles. The van der Waals surface area contributed by atoms with Crippen LogP contribution in [0.3, 0.4) is 0 Å². The number of benzene rings is 2. The molecule has 1 N–H and O–H groups in total. The van der Waals surface area contributed by atoms with Crippen molar-refractivity contribution in [2.45, 2.75) is 18.9 Å². The Morgan fingerprint density at radius 3 is 2.50 bits per heavy atom. The molecule has 2 nitrogen and oxygen atoms in total. The van der Waals surface area contributed by atoms with Gasteiger partial charge in [-0.3, -0.25) is 0 Å². The molecule has 100 valence electrons. The van der Waals surface area contributed by atoms with Crippen molar-refractivity contribution in [2.75, 3.05) is 5.32 Å². The number of halogens is 1. The second-order valence-corrected chi connectivity index (χ2v) is 5.18. The van der Waals surface area contributed by atoms with Crippen LogP contribution in [0.25, 0.3) is 0 Å². The van der Waals surface area contributed by atoms with E-state index in [9.17, 15) is 4.39 Å². The third-order valence-corrected chi connectivity index (χ3v) is 3.66. The van der Waals surface area contributed by atoms with Crippen LogP contribution in [-0.2, 0) is 0 Å². The van der Waals surface area contributed by atoms with E-state index < -0.39 is 0 Å². The molecule has 3 rings (SSSR count). The first-order valence-electron chi connectivity index (χ1n) is 6.79. The second-order valence-electron chi connectivity index (χ2n) is 5.18. The SMILES string of the molecule is N#Cc1ccc(NC(c2ccccc2)C2CC2)c(F)c1. The summed E-state index contributed by atoms with van der Waals surface area (Å²) in [7, 11) is 0. The lowest BCUT2D eigenvalue weighted by atomic mass is 10.0. The molecule has 0 amide bonds. The predicted octanol–water partition coefficient (Wildman–Crippen LogP) is 4.26. The summed E-state index contributed by atoms with van der Waals surface area (Å²) in [4.78, 5) is 0. The molecule has 0 aliphatic heterocycles. The van der Waals surface area contributed by atoms with Crippen LogP contribution >= 0.6 is 0 Å². The summed E-state index contributed by atoms with van der Waals surface area (Å²) in [5.41, 5.74) is 1.99. The quantitative estimate of drug-likeness (QED) is 0.897. The van der Waals surface area contributed by atoms with Crippen LogP contribution in [0.15, 0.2) is 48.5 Å². The van der Waals surface area contributed by atoms with Gasteiger partial charge in [-0.2, -0.15) is 5.26 Å². The van der Waals surface area contributed by atoms with Gasteiger partial charge in [0.25, 0.3) is 0 Å². The Hall–Kier alpha value is -2.34. The zero-order chi connectivity index (χ0) is 13.9. The molecule has 1 unspecified atom stereocenters. The summed E-state index contributed by atoms with van der Waals surface area (Å²) in [5.74, 6) is 0.193. The first kappa shape index (κ1) is 12.7. The van der Waals surface area contributed by atoms with Crippen LogP contribution in [0.2, 0.25) is 0 Å². The van der Waals surface area contributed by atoms with Crippen LogP contribution in [0.4, 0.5) is 10.1 Å². The van der Waals surface area contributed by atoms with E-state index in [-0.39, 0.29) is 11.9 Å². The lowest BCUT2D eigenvalue weighted by molar-refractivity contribution is 0.616. The van der Waals surface area contributed by atoms with Gasteiger partial charge in [-0.1, -0.05) is 30.3 Å². The van der Waals surface area contributed by atoms with E-state index in [0.717, 1.165) is 0 Å². The molecule has 0 bridgehead atoms. The molecule has 0 saturated heterocycles. The fourth-order valence-corrected chi connectivity index (χ4v) is 2.43. The molecule has 1 atom stereocenters. The van der Waals surface area contributed by atoms with Gasteiger partial charge < -0.3 is 5.32 Å². The Labute approximate surface area is 117 Å². The molecule has 0 aromatic heterocycles. The number of rotatable bonds is 4. The van der Waals surface area contributed by atoms with Gasteiger partial charge in [0.15, 0.2) is 0 Å². The molecule has 0 radical (unpaired) electrons. The molecule has 0 heterocycles. The zero-order valence-corrected chi connectivity index (χ0v) is 11.0. The lowest BCUT2D eigenvalue weighted by Crippen LogP contribution is -2.13. The summed E-state index contributed by atoms with van der Waals surface area (Å²) in [5, 5.41) is 12.1. The average Bonchev–Trinajstić information content (AvgIpc) is 3.31. The third kappa shape index (κ3) is 2.65. The monoisotopic (exact) mass is 266 g/mol. The first-order valence-corrected chi connectivity index (χ1v) is 6.79. The molecular weight excluding hydrogens is 251 g/mol. The van der Waals surface area contributed by atoms with E-state index in [1.165, 1.54) is 24.5 Å². The minimum atomic E-state index is -0.370. The predicted molar refractivity (Wildman–Crippen MR) is 76.6 cm³/mol. The summed E-state index contributed by atoms with van der Waals surface area (Å²) < 4.78 is 14.0. The van der Waals surface area contributed by atoms with Gasteiger partial charge in [-0.05, 0) is 42.5 Å². The maximum absolute atomic E-state index is 14.0. The molecule has 2 aromatic carbocycles. The molecule has 20 heavy (non-hydrogen) atoms. The van der Waals surface area contributed by atoms with Gasteiger partial charge in [-0.15, -0.1) is 0 Å². The Morgan fingerprint density at radius 2 is 1.90 bits per heavy atom. The van der Waals surface area contributed by atoms with E-state index in [0.29, 0.717) is 17.2 Å². The number of anilines is 1. The smallest absolute Gasteiger partial charge is 0.147 e. The van der Waals surface area contributed by atoms with Crippen LogP contribution in [-0.4, -0.2) is 0 Å². The minimum Gasteiger partial charge on any atom is -0.376 e. The van der Waals surface area contributed by atoms with Crippen molar-refractivity contribution in [2.24, 2.45) is 5.92 Å². The van der Waals surface area contributed by atoms with E-state index in [1.807, 2.05) is 24.3 Å². The molecule has 3 heteroatoms. The van der Waals surface area contributed by atoms with Crippen LogP contribution in [0.1, 0.15) is 30.0 Å². The number of nitrogens with zero attached hydrogens (tertiary/aromatic N) is 1. The largest absolute Gasteiger partial charge is 0.376 e. The summed E-state index contributed by atoms with van der Waals surface area (Å²) in [6, 6.07) is 16.8. The number of hydrogen-bond donors (Lipinski definition) is 1. The van der Waals surface area contributed by atoms with Gasteiger partial charge >= 0.3 is 0 Å². The van der Waals surface area contributed by atoms with Crippen molar-refractivity contribution in [3.05, 3.63) is 65.5 Å². The van der Waals surface area contributed by atoms with Crippen molar-refractivity contribution in [1.29, 1.82) is 5.26 Å². The Morgan fingerprint density at radius 1 is 1.15 bits per heavy atom. The van der Waals surface area contributed by atoms with E-state index in [4.69, 9.17) is 5.26 Å². The van der Waals surface area contributed by atoms with Gasteiger partial charge in [0, 0.05) is 0 Å². The summed E-state index contributed by atoms with van der Waals surface area (Å²) in [6.07, 6.45) is 2.34. The molecule has 2 aromatic rings. The topological polar surface area (TPSA) is 35.8 Å². The highest BCUT2D eigenvalue weighted by Crippen LogP contribution is 2.43. The van der Waals surface area contributed by atoms with Gasteiger partial charge in [0.05, 0.1) is 23.4 Å². The highest BCUT2D eigenvalue weighted by atomic mass is 19.1. The van der Waals surface area contributed by atoms with Gasteiger partial charge in [-0.25, -0.2) is 4.39 Å². The fraction of sp³-hybridized carbons (Fsp3) is 0.235. The van der Waals surface area contributed by atoms with Gasteiger partial charge in [0.1, 0.15) is 5.82 Å². The lowest BCUT2D eigenvalue weighted by Gasteiger charge is -2.20. The van der Waals surface area contributed by atoms with Gasteiger partial charge in [0.2, 0.25) is 0 Å². The van der Waals surface area contributed by atoms with Crippen molar-refractivity contribution < 1.29 is 4.39 Å². The molecule has 0 spiro atoms. The maximum Gasteiger partial charge on any atom is 0.147 e. The summed E-state index contributed by atoms with van der Waals surface area (Å²) in [6.45, 7) is 0. The summed E-state index contributed by atoms with van der Waals surface area (Å²) >= 11 is 0. The number of nitrogens with one attached hydrogen (secondary N) is 1. The van der Waals surface area contributed by atoms with E-state index >= 15 is 0 Å². The van der Waals surface area contributed by atoms with Crippen molar-refractivity contribution in [3.8, 4) is 6.07 Å². The van der Waals surface area contributed by atoms with Crippen molar-refractivity contribution in [3.63, 3.8) is 0 Å². The Balaban J connectivity index is 1.86. The fourth-order valence-electron chi connectivity index (χ4n) is 2.43. The van der Waals surface area contributed by atoms with Crippen LogP contribution in [0, 0.1) is 23.1 Å². The van der Waals surface area contributed by atoms with E-state index in [2.05, 4.69) is 17.4 Å². The first-order chi connectivity index (χ1) is 9.78. The third-order valence-electron chi connectivity index (χ3n) is 3.66. The molecule has 1 aliphatic rings. The Bertz CT molecular complexity index is 642. The second kappa shape index (κ2) is 5.34. The number of nitriles is 1. The standard InChI is InChI=1S/C17H15FN2/c18-15-10-12(11-19)6-9-16(15)20-17(14-7-8-14)13-4-2-1-3-5-13/h1-6,9-10,14,17,20H,7-8H2. The Kier molecular flexibility index (Phi) is 3.39. The van der Waals surface area contributed by atoms with E-state index in [1.54, 1.807) is 12.1 Å². The normalized spacial score (nSPS) is 15.4. The highest BCUT2D eigenvalue weighted by molar-refractivity contribution is 5.50. The van der Waals surface area contributed by atoms with Crippen molar-refractivity contribution >= 4 is 5.69 Å². The number of hydrogen-bond acceptors (Lipinski definition) is 2.